The van der Waals surface area contributed by atoms with Crippen molar-refractivity contribution in [3.05, 3.63) is 35.9 Å². The van der Waals surface area contributed by atoms with Crippen LogP contribution in [0.1, 0.15) is 19.4 Å². The van der Waals surface area contributed by atoms with Crippen LogP contribution in [0.3, 0.4) is 0 Å². The molecule has 0 aliphatic heterocycles. The van der Waals surface area contributed by atoms with E-state index in [0.717, 1.165) is 0 Å². The third-order valence-electron chi connectivity index (χ3n) is 2.22. The third-order valence-corrected chi connectivity index (χ3v) is 2.22. The van der Waals surface area contributed by atoms with Crippen LogP contribution in [-0.2, 0) is 5.41 Å². The molecular weight excluding hydrogens is 158 g/mol. The zero-order valence-electron chi connectivity index (χ0n) is 8.17. The number of rotatable bonds is 2. The van der Waals surface area contributed by atoms with Crippen LogP contribution in [0.5, 0.6) is 0 Å². The third kappa shape index (κ3) is 2.11. The summed E-state index contributed by atoms with van der Waals surface area (Å²) in [4.78, 5) is 0. The first-order chi connectivity index (χ1) is 6.23. The Kier molecular flexibility index (Phi) is 3.11. The van der Waals surface area contributed by atoms with E-state index in [9.17, 15) is 0 Å². The van der Waals surface area contributed by atoms with E-state index in [4.69, 9.17) is 5.73 Å². The van der Waals surface area contributed by atoms with Gasteiger partial charge in [-0.3, -0.25) is 0 Å². The highest BCUT2D eigenvalue weighted by Crippen LogP contribution is 2.20. The summed E-state index contributed by atoms with van der Waals surface area (Å²) in [6.07, 6.45) is 0. The predicted octanol–water partition coefficient (Wildman–Crippen LogP) is 1.93. The molecule has 68 valence electrons. The molecule has 13 heavy (non-hydrogen) atoms. The van der Waals surface area contributed by atoms with Gasteiger partial charge in [0.25, 0.3) is 0 Å². The fraction of sp³-hybridized carbons (Fsp3) is 0.333. The molecule has 0 fully saturated rings. The van der Waals surface area contributed by atoms with Gasteiger partial charge in [-0.2, -0.15) is 0 Å². The van der Waals surface area contributed by atoms with Crippen LogP contribution in [-0.4, -0.2) is 6.54 Å². The summed E-state index contributed by atoms with van der Waals surface area (Å²) in [5, 5.41) is 0. The van der Waals surface area contributed by atoms with Crippen molar-refractivity contribution in [3.8, 4) is 11.8 Å². The lowest BCUT2D eigenvalue weighted by Crippen LogP contribution is -2.30. The Morgan fingerprint density at radius 2 is 1.92 bits per heavy atom. The zero-order valence-corrected chi connectivity index (χ0v) is 8.17. The first-order valence-corrected chi connectivity index (χ1v) is 4.42. The summed E-state index contributed by atoms with van der Waals surface area (Å²) in [7, 11) is 0. The second kappa shape index (κ2) is 4.11. The molecule has 1 aromatic carbocycles. The van der Waals surface area contributed by atoms with E-state index >= 15 is 0 Å². The Morgan fingerprint density at radius 1 is 1.31 bits per heavy atom. The van der Waals surface area contributed by atoms with Crippen molar-refractivity contribution in [1.82, 2.24) is 0 Å². The first kappa shape index (κ1) is 9.83. The van der Waals surface area contributed by atoms with Gasteiger partial charge in [0.2, 0.25) is 0 Å². The quantitative estimate of drug-likeness (QED) is 0.679. The van der Waals surface area contributed by atoms with E-state index in [0.29, 0.717) is 6.54 Å². The highest BCUT2D eigenvalue weighted by atomic mass is 14.6. The topological polar surface area (TPSA) is 26.0 Å². The minimum absolute atomic E-state index is 0.198. The minimum Gasteiger partial charge on any atom is -0.329 e. The van der Waals surface area contributed by atoms with Gasteiger partial charge < -0.3 is 5.73 Å². The summed E-state index contributed by atoms with van der Waals surface area (Å²) >= 11 is 0. The molecule has 1 atom stereocenters. The van der Waals surface area contributed by atoms with Crippen LogP contribution in [0.2, 0.25) is 0 Å². The molecule has 0 bridgehead atoms. The van der Waals surface area contributed by atoms with Crippen molar-refractivity contribution in [2.45, 2.75) is 19.3 Å². The average Bonchev–Trinajstić information content (AvgIpc) is 2.19. The predicted molar refractivity (Wildman–Crippen MR) is 56.3 cm³/mol. The van der Waals surface area contributed by atoms with Crippen LogP contribution < -0.4 is 5.73 Å². The second-order valence-corrected chi connectivity index (χ2v) is 3.28. The SMILES string of the molecule is CC#CC(C)(CN)c1ccccc1. The van der Waals surface area contributed by atoms with Gasteiger partial charge in [0, 0.05) is 6.54 Å². The summed E-state index contributed by atoms with van der Waals surface area (Å²) in [5.41, 5.74) is 6.71. The molecular formula is C12H15N. The maximum absolute atomic E-state index is 5.72. The molecule has 0 aromatic heterocycles. The molecule has 1 aromatic rings. The van der Waals surface area contributed by atoms with Gasteiger partial charge in [-0.1, -0.05) is 36.3 Å². The summed E-state index contributed by atoms with van der Waals surface area (Å²) in [6, 6.07) is 10.2. The smallest absolute Gasteiger partial charge is 0.0656 e. The summed E-state index contributed by atoms with van der Waals surface area (Å²) in [5.74, 6) is 6.08. The highest BCUT2D eigenvalue weighted by molar-refractivity contribution is 5.34. The van der Waals surface area contributed by atoms with Crippen molar-refractivity contribution in [1.29, 1.82) is 0 Å². The highest BCUT2D eigenvalue weighted by Gasteiger charge is 2.21. The molecule has 0 amide bonds. The lowest BCUT2D eigenvalue weighted by molar-refractivity contribution is 0.632. The van der Waals surface area contributed by atoms with Crippen LogP contribution in [0.15, 0.2) is 30.3 Å². The molecule has 2 N–H and O–H groups in total. The fourth-order valence-electron chi connectivity index (χ4n) is 1.32. The Morgan fingerprint density at radius 3 is 2.38 bits per heavy atom. The Bertz CT molecular complexity index is 318. The van der Waals surface area contributed by atoms with E-state index in [2.05, 4.69) is 30.9 Å². The molecule has 1 nitrogen and oxygen atoms in total. The average molecular weight is 173 g/mol. The van der Waals surface area contributed by atoms with Crippen LogP contribution >= 0.6 is 0 Å². The van der Waals surface area contributed by atoms with E-state index in [1.165, 1.54) is 5.56 Å². The molecule has 0 saturated carbocycles. The molecule has 0 aliphatic rings. The first-order valence-electron chi connectivity index (χ1n) is 4.42. The van der Waals surface area contributed by atoms with Crippen molar-refractivity contribution < 1.29 is 0 Å². The van der Waals surface area contributed by atoms with E-state index in [1.54, 1.807) is 0 Å². The normalized spacial score (nSPS) is 14.1. The Balaban J connectivity index is 3.08. The molecule has 1 rings (SSSR count). The standard InChI is InChI=1S/C12H15N/c1-3-9-12(2,10-13)11-7-5-4-6-8-11/h4-8H,10,13H2,1-2H3. The van der Waals surface area contributed by atoms with Crippen LogP contribution in [0, 0.1) is 11.8 Å². The molecule has 1 heteroatoms. The zero-order chi connectivity index (χ0) is 9.73. The molecule has 0 aliphatic carbocycles. The van der Waals surface area contributed by atoms with Crippen molar-refractivity contribution in [3.63, 3.8) is 0 Å². The maximum Gasteiger partial charge on any atom is 0.0656 e. The van der Waals surface area contributed by atoms with Crippen molar-refractivity contribution >= 4 is 0 Å². The summed E-state index contributed by atoms with van der Waals surface area (Å²) < 4.78 is 0. The van der Waals surface area contributed by atoms with E-state index in [1.807, 2.05) is 25.1 Å². The number of hydrogen-bond acceptors (Lipinski definition) is 1. The molecule has 0 saturated heterocycles. The monoisotopic (exact) mass is 173 g/mol. The Hall–Kier alpha value is -1.26. The molecule has 0 radical (unpaired) electrons. The number of benzene rings is 1. The van der Waals surface area contributed by atoms with Gasteiger partial charge in [-0.05, 0) is 19.4 Å². The second-order valence-electron chi connectivity index (χ2n) is 3.28. The van der Waals surface area contributed by atoms with E-state index < -0.39 is 0 Å². The molecule has 1 unspecified atom stereocenters. The van der Waals surface area contributed by atoms with Gasteiger partial charge in [-0.15, -0.1) is 5.92 Å². The minimum atomic E-state index is -0.198. The van der Waals surface area contributed by atoms with Crippen molar-refractivity contribution in [2.75, 3.05) is 6.54 Å². The lowest BCUT2D eigenvalue weighted by Gasteiger charge is -2.21. The van der Waals surface area contributed by atoms with Gasteiger partial charge in [0.1, 0.15) is 0 Å². The maximum atomic E-state index is 5.72. The lowest BCUT2D eigenvalue weighted by atomic mass is 9.83. The van der Waals surface area contributed by atoms with Crippen LogP contribution in [0.25, 0.3) is 0 Å². The largest absolute Gasteiger partial charge is 0.329 e. The number of hydrogen-bond donors (Lipinski definition) is 1. The van der Waals surface area contributed by atoms with Gasteiger partial charge in [-0.25, -0.2) is 0 Å². The van der Waals surface area contributed by atoms with Crippen LogP contribution in [0.4, 0.5) is 0 Å². The number of nitrogens with two attached hydrogens (primary N) is 1. The summed E-state index contributed by atoms with van der Waals surface area (Å²) in [6.45, 7) is 4.47. The van der Waals surface area contributed by atoms with Crippen molar-refractivity contribution in [2.24, 2.45) is 5.73 Å². The fourth-order valence-corrected chi connectivity index (χ4v) is 1.32. The molecule has 0 heterocycles. The Labute approximate surface area is 80.0 Å². The van der Waals surface area contributed by atoms with Gasteiger partial charge in [0.15, 0.2) is 0 Å². The molecule has 0 spiro atoms. The van der Waals surface area contributed by atoms with E-state index in [-0.39, 0.29) is 5.41 Å². The van der Waals surface area contributed by atoms with Gasteiger partial charge in [0.05, 0.1) is 5.41 Å². The van der Waals surface area contributed by atoms with Gasteiger partial charge >= 0.3 is 0 Å².